The van der Waals surface area contributed by atoms with Gasteiger partial charge in [-0.15, -0.1) is 0 Å². The van der Waals surface area contributed by atoms with Crippen molar-refractivity contribution in [1.82, 2.24) is 0 Å². The van der Waals surface area contributed by atoms with Crippen molar-refractivity contribution >= 4 is 0 Å². The van der Waals surface area contributed by atoms with E-state index in [-0.39, 0.29) is 47.2 Å². The minimum absolute atomic E-state index is 0.0171. The van der Waals surface area contributed by atoms with Crippen LogP contribution in [0.4, 0.5) is 0 Å². The molecule has 7 aliphatic heterocycles. The molecule has 34 heteroatoms. The Morgan fingerprint density at radius 3 is 1.45 bits per heavy atom. The molecule has 98 heavy (non-hydrogen) atoms. The standard InChI is InChI=1S/C64H108O34/c1-23(21-86-56-49(81)44(76)38(70)31(16-65)89-56)8-13-64(85-5)24(2)37-30(98-64)15-29-27-7-6-25-14-26(9-11-62(25,3)28(27)10-12-63(29,37)4)88-57-50(82)47(79)42(74)36(94-57)22-87-60-55(53(43(75)35(20-69)92-60)95-58-51(83)45(77)39(71)32(17-66)90-58)97-61-54(48(80)41(73)34(19-68)93-61)96-59-52(84)46(78)40(72)33(18-67)91-59/h23-61,65-84H,6-22H2,1-5H3/t23-,24?,25?,26?,27?,28?,29?,30?,31+,32+,33+,34+,35+,36+,37?,38+,39+,40+,41+,42-,43+,44-,45-,46-,47-,48-,49+,50+,51+,52+,53-,54+,55+,56+,57+,58-,59-,60+,61-,62-,63-,64+/m0/s1. The average molecular weight is 1420 g/mol. The third-order valence-corrected chi connectivity index (χ3v) is 24.6. The fraction of sp³-hybridized carbons (Fsp3) is 1.00. The Bertz CT molecular complexity index is 2530. The normalized spacial score (nSPS) is 54.7. The Hall–Kier alpha value is -1.36. The first-order valence-electron chi connectivity index (χ1n) is 34.8. The number of ether oxygens (including phenoxy) is 14. The van der Waals surface area contributed by atoms with Crippen molar-refractivity contribution in [2.75, 3.05) is 53.4 Å². The summed E-state index contributed by atoms with van der Waals surface area (Å²) in [5, 5.41) is 215. The summed E-state index contributed by atoms with van der Waals surface area (Å²) in [5.41, 5.74) is -0.0829. The van der Waals surface area contributed by atoms with Gasteiger partial charge in [-0.2, -0.15) is 0 Å². The lowest BCUT2D eigenvalue weighted by Gasteiger charge is -2.61. The second-order valence-corrected chi connectivity index (χ2v) is 30.1. The summed E-state index contributed by atoms with van der Waals surface area (Å²) in [4.78, 5) is 0. The van der Waals surface area contributed by atoms with E-state index in [1.165, 1.54) is 0 Å². The molecule has 4 saturated carbocycles. The van der Waals surface area contributed by atoms with Gasteiger partial charge in [0, 0.05) is 19.4 Å². The molecule has 0 aromatic rings. The molecule has 8 unspecified atom stereocenters. The first-order valence-corrected chi connectivity index (χ1v) is 34.8. The molecule has 0 radical (unpaired) electrons. The Morgan fingerprint density at radius 2 is 0.888 bits per heavy atom. The van der Waals surface area contributed by atoms with Crippen LogP contribution in [0.5, 0.6) is 0 Å². The van der Waals surface area contributed by atoms with Crippen LogP contribution in [0.15, 0.2) is 0 Å². The molecule has 7 heterocycles. The van der Waals surface area contributed by atoms with Crippen LogP contribution in [-0.4, -0.2) is 358 Å². The molecular formula is C64H108O34. The van der Waals surface area contributed by atoms with Gasteiger partial charge in [-0.3, -0.25) is 0 Å². The maximum absolute atomic E-state index is 11.9. The van der Waals surface area contributed by atoms with Crippen LogP contribution in [0.25, 0.3) is 0 Å². The maximum Gasteiger partial charge on any atom is 0.187 e. The van der Waals surface area contributed by atoms with Crippen LogP contribution in [0, 0.1) is 52.3 Å². The van der Waals surface area contributed by atoms with E-state index in [0.717, 1.165) is 38.5 Å². The van der Waals surface area contributed by atoms with Crippen molar-refractivity contribution in [1.29, 1.82) is 0 Å². The quantitative estimate of drug-likeness (QED) is 0.0423. The molecule has 4 aliphatic carbocycles. The van der Waals surface area contributed by atoms with E-state index in [9.17, 15) is 102 Å². The molecule has 11 aliphatic rings. The summed E-state index contributed by atoms with van der Waals surface area (Å²) in [5.74, 6) is 0.897. The third-order valence-electron chi connectivity index (χ3n) is 24.6. The smallest absolute Gasteiger partial charge is 0.187 e. The predicted octanol–water partition coefficient (Wildman–Crippen LogP) is -7.65. The highest BCUT2D eigenvalue weighted by Crippen LogP contribution is 2.71. The molecule has 20 N–H and O–H groups in total. The van der Waals surface area contributed by atoms with Gasteiger partial charge in [0.25, 0.3) is 0 Å². The second kappa shape index (κ2) is 31.6. The van der Waals surface area contributed by atoms with Crippen molar-refractivity contribution in [2.45, 2.75) is 294 Å². The molecule has 568 valence electrons. The first kappa shape index (κ1) is 77.7. The topological polar surface area (TPSA) is 534 Å². The molecule has 0 aromatic heterocycles. The second-order valence-electron chi connectivity index (χ2n) is 30.1. The lowest BCUT2D eigenvalue weighted by atomic mass is 9.44. The van der Waals surface area contributed by atoms with Gasteiger partial charge in [-0.1, -0.05) is 27.7 Å². The summed E-state index contributed by atoms with van der Waals surface area (Å²) in [7, 11) is 1.70. The van der Waals surface area contributed by atoms with Gasteiger partial charge < -0.3 is 168 Å². The average Bonchev–Trinajstić information content (AvgIpc) is 1.52. The van der Waals surface area contributed by atoms with E-state index < -0.39 is 236 Å². The van der Waals surface area contributed by atoms with E-state index in [4.69, 9.17) is 66.3 Å². The fourth-order valence-electron chi connectivity index (χ4n) is 18.8. The van der Waals surface area contributed by atoms with Crippen molar-refractivity contribution in [3.63, 3.8) is 0 Å². The summed E-state index contributed by atoms with van der Waals surface area (Å²) in [6.45, 7) is 4.12. The van der Waals surface area contributed by atoms with Crippen molar-refractivity contribution in [3.05, 3.63) is 0 Å². The van der Waals surface area contributed by atoms with E-state index >= 15 is 0 Å². The number of fused-ring (bicyclic) bond motifs is 7. The van der Waals surface area contributed by atoms with Crippen molar-refractivity contribution in [2.24, 2.45) is 52.3 Å². The van der Waals surface area contributed by atoms with Gasteiger partial charge in [0.2, 0.25) is 0 Å². The van der Waals surface area contributed by atoms with Gasteiger partial charge >= 0.3 is 0 Å². The van der Waals surface area contributed by atoms with Crippen LogP contribution in [0.1, 0.15) is 91.9 Å². The molecule has 11 rings (SSSR count). The minimum Gasteiger partial charge on any atom is -0.394 e. The molecule has 42 atom stereocenters. The highest BCUT2D eigenvalue weighted by Gasteiger charge is 2.69. The summed E-state index contributed by atoms with van der Waals surface area (Å²) >= 11 is 0. The molecule has 0 amide bonds. The Kier molecular flexibility index (Phi) is 25.1. The summed E-state index contributed by atoms with van der Waals surface area (Å²) < 4.78 is 85.3. The lowest BCUT2D eigenvalue weighted by Crippen LogP contribution is -2.68. The highest BCUT2D eigenvalue weighted by molar-refractivity contribution is 5.16. The lowest BCUT2D eigenvalue weighted by molar-refractivity contribution is -0.408. The minimum atomic E-state index is -2.14. The number of methoxy groups -OCH3 is 1. The third kappa shape index (κ3) is 14.5. The van der Waals surface area contributed by atoms with E-state index in [2.05, 4.69) is 20.8 Å². The van der Waals surface area contributed by atoms with Crippen molar-refractivity contribution in [3.8, 4) is 0 Å². The monoisotopic (exact) mass is 1420 g/mol. The van der Waals surface area contributed by atoms with E-state index in [0.29, 0.717) is 43.4 Å². The Morgan fingerprint density at radius 1 is 0.429 bits per heavy atom. The molecule has 7 saturated heterocycles. The number of rotatable bonds is 23. The fourth-order valence-corrected chi connectivity index (χ4v) is 18.8. The number of aliphatic hydroxyl groups excluding tert-OH is 20. The SMILES string of the molecule is CO[C@]1(CC[C@H](C)CO[C@@H]2O[C@H](CO)[C@@H](O)[C@H](O)[C@H]2O)OC2CC3C4CCC5CC(O[C@@H]6O[C@H](CO[C@@H]7O[C@H](CO)[C@@H](O)[C@H](O[C@@H]8O[C@H](CO)[C@@H](O)[C@H](O)[C@H]8O)[C@H]7O[C@@H]7O[C@H](CO)[C@@H](O)[C@H](O)[C@H]7O[C@@H]7O[C@H](CO)[C@@H](O)[C@H](O)[C@H]7O)[C@H](O)[C@H](O)[C@H]6O)CC[C@]5(C)C4CC[C@]3(C)C2C1C. The number of aliphatic hydroxyl groups is 20. The van der Waals surface area contributed by atoms with Gasteiger partial charge in [0.05, 0.1) is 58.5 Å². The zero-order valence-electron chi connectivity index (χ0n) is 55.7. The van der Waals surface area contributed by atoms with Crippen LogP contribution in [0.3, 0.4) is 0 Å². The molecule has 11 fully saturated rings. The Labute approximate surface area is 566 Å². The van der Waals surface area contributed by atoms with Crippen LogP contribution >= 0.6 is 0 Å². The molecule has 0 spiro atoms. The van der Waals surface area contributed by atoms with Crippen LogP contribution in [-0.2, 0) is 66.3 Å². The molecule has 0 aromatic carbocycles. The molecule has 34 nitrogen and oxygen atoms in total. The Balaban J connectivity index is 0.750. The summed E-state index contributed by atoms with van der Waals surface area (Å²) in [6.07, 6.45) is -46.7. The molecule has 0 bridgehead atoms. The highest BCUT2D eigenvalue weighted by atomic mass is 16.8. The zero-order chi connectivity index (χ0) is 70.9. The summed E-state index contributed by atoms with van der Waals surface area (Å²) in [6, 6.07) is 0. The molecular weight excluding hydrogens is 1310 g/mol. The zero-order valence-corrected chi connectivity index (χ0v) is 55.7. The van der Waals surface area contributed by atoms with Gasteiger partial charge in [0.1, 0.15) is 146 Å². The van der Waals surface area contributed by atoms with Crippen molar-refractivity contribution < 1.29 is 168 Å². The number of hydrogen-bond donors (Lipinski definition) is 20. The van der Waals surface area contributed by atoms with Gasteiger partial charge in [0.15, 0.2) is 43.5 Å². The maximum atomic E-state index is 11.9. The van der Waals surface area contributed by atoms with Gasteiger partial charge in [-0.25, -0.2) is 0 Å². The van der Waals surface area contributed by atoms with Crippen LogP contribution in [0.2, 0.25) is 0 Å². The van der Waals surface area contributed by atoms with Crippen LogP contribution < -0.4 is 0 Å². The largest absolute Gasteiger partial charge is 0.394 e. The first-order chi connectivity index (χ1) is 46.5. The predicted molar refractivity (Wildman–Crippen MR) is 322 cm³/mol. The number of hydrogen-bond acceptors (Lipinski definition) is 34. The van der Waals surface area contributed by atoms with Gasteiger partial charge in [-0.05, 0) is 104 Å². The van der Waals surface area contributed by atoms with E-state index in [1.54, 1.807) is 7.11 Å². The van der Waals surface area contributed by atoms with E-state index in [1.807, 2.05) is 6.92 Å².